The monoisotopic (exact) mass is 468 g/mol. The van der Waals surface area contributed by atoms with Crippen LogP contribution in [0.15, 0.2) is 36.7 Å². The van der Waals surface area contributed by atoms with E-state index >= 15 is 0 Å². The van der Waals surface area contributed by atoms with E-state index in [-0.39, 0.29) is 9.20 Å². The maximum absolute atomic E-state index is 12.4. The number of benzene rings is 1. The van der Waals surface area contributed by atoms with Crippen LogP contribution < -0.4 is 10.5 Å². The van der Waals surface area contributed by atoms with Gasteiger partial charge in [0, 0.05) is 10.0 Å². The van der Waals surface area contributed by atoms with Crippen molar-refractivity contribution in [3.05, 3.63) is 43.7 Å². The van der Waals surface area contributed by atoms with Gasteiger partial charge in [-0.2, -0.15) is 0 Å². The Kier molecular flexibility index (Phi) is 5.09. The Morgan fingerprint density at radius 3 is 2.52 bits per heavy atom. The van der Waals surface area contributed by atoms with Crippen molar-refractivity contribution in [2.24, 2.45) is 5.73 Å². The van der Waals surface area contributed by atoms with Gasteiger partial charge < -0.3 is 5.73 Å². The molecule has 9 heteroatoms. The number of aryl methyl sites for hydroxylation is 1. The zero-order valence-corrected chi connectivity index (χ0v) is 16.3. The second kappa shape index (κ2) is 6.33. The number of rotatable bonds is 4. The lowest BCUT2D eigenvalue weighted by molar-refractivity contribution is 0.603. The van der Waals surface area contributed by atoms with Gasteiger partial charge in [-0.05, 0) is 52.7 Å². The molecule has 4 nitrogen and oxygen atoms in total. The zero-order valence-electron chi connectivity index (χ0n) is 10.7. The van der Waals surface area contributed by atoms with Crippen LogP contribution in [0.1, 0.15) is 11.1 Å². The quantitative estimate of drug-likeness (QED) is 0.663. The standard InChI is InChI=1S/C12H10Br2N2O2S3/c1-6-4-10(20-11(6)14)21(17,18)16-9-5-7(13)2-3-8(9)12(15)19/h2-5,16H,1H3,(H2,15,19). The number of nitrogens with two attached hydrogens (primary N) is 1. The maximum Gasteiger partial charge on any atom is 0.271 e. The summed E-state index contributed by atoms with van der Waals surface area (Å²) in [7, 11) is -3.69. The number of thiophene rings is 1. The van der Waals surface area contributed by atoms with Gasteiger partial charge in [0.1, 0.15) is 9.20 Å². The molecule has 112 valence electrons. The average molecular weight is 470 g/mol. The van der Waals surface area contributed by atoms with Crippen molar-refractivity contribution in [2.75, 3.05) is 4.72 Å². The Hall–Kier alpha value is -0.480. The van der Waals surface area contributed by atoms with Crippen LogP contribution in [0, 0.1) is 6.92 Å². The predicted molar refractivity (Wildman–Crippen MR) is 97.6 cm³/mol. The fraction of sp³-hybridized carbons (Fsp3) is 0.0833. The first-order valence-electron chi connectivity index (χ1n) is 5.59. The van der Waals surface area contributed by atoms with E-state index in [4.69, 9.17) is 18.0 Å². The van der Waals surface area contributed by atoms with Gasteiger partial charge in [0.25, 0.3) is 10.0 Å². The van der Waals surface area contributed by atoms with Crippen LogP contribution in [0.5, 0.6) is 0 Å². The molecular formula is C12H10Br2N2O2S3. The number of nitrogens with one attached hydrogen (secondary N) is 1. The highest BCUT2D eigenvalue weighted by Crippen LogP contribution is 2.32. The molecule has 0 aliphatic rings. The number of thiocarbonyl (C=S) groups is 1. The smallest absolute Gasteiger partial charge is 0.271 e. The average Bonchev–Trinajstić information content (AvgIpc) is 2.69. The van der Waals surface area contributed by atoms with Crippen LogP contribution in [-0.4, -0.2) is 13.4 Å². The molecule has 0 spiro atoms. The van der Waals surface area contributed by atoms with Crippen molar-refractivity contribution < 1.29 is 8.42 Å². The van der Waals surface area contributed by atoms with Crippen molar-refractivity contribution in [3.8, 4) is 0 Å². The largest absolute Gasteiger partial charge is 0.389 e. The molecule has 1 heterocycles. The molecule has 0 fully saturated rings. The molecule has 0 aliphatic carbocycles. The molecule has 0 unspecified atom stereocenters. The van der Waals surface area contributed by atoms with E-state index < -0.39 is 10.0 Å². The van der Waals surface area contributed by atoms with Gasteiger partial charge in [0.15, 0.2) is 0 Å². The summed E-state index contributed by atoms with van der Waals surface area (Å²) in [5.74, 6) is 0. The van der Waals surface area contributed by atoms with Crippen LogP contribution in [0.4, 0.5) is 5.69 Å². The van der Waals surface area contributed by atoms with Gasteiger partial charge >= 0.3 is 0 Å². The van der Waals surface area contributed by atoms with Crippen LogP contribution in [0.3, 0.4) is 0 Å². The molecule has 2 aromatic rings. The van der Waals surface area contributed by atoms with Gasteiger partial charge in [0.2, 0.25) is 0 Å². The molecular weight excluding hydrogens is 460 g/mol. The molecule has 0 atom stereocenters. The van der Waals surface area contributed by atoms with Gasteiger partial charge in [-0.1, -0.05) is 28.1 Å². The lowest BCUT2D eigenvalue weighted by Gasteiger charge is -2.11. The van der Waals surface area contributed by atoms with Gasteiger partial charge in [-0.3, -0.25) is 4.72 Å². The predicted octanol–water partition coefficient (Wildman–Crippen LogP) is 4.02. The third-order valence-electron chi connectivity index (χ3n) is 2.59. The number of sulfonamides is 1. The van der Waals surface area contributed by atoms with Crippen LogP contribution in [0.2, 0.25) is 0 Å². The van der Waals surface area contributed by atoms with Gasteiger partial charge in [0.05, 0.1) is 9.47 Å². The molecule has 1 aromatic carbocycles. The fourth-order valence-electron chi connectivity index (χ4n) is 1.58. The number of anilines is 1. The van der Waals surface area contributed by atoms with Crippen LogP contribution >= 0.6 is 55.4 Å². The lowest BCUT2D eigenvalue weighted by atomic mass is 10.2. The molecule has 0 radical (unpaired) electrons. The first-order valence-corrected chi connectivity index (χ1v) is 9.88. The molecule has 0 saturated heterocycles. The highest BCUT2D eigenvalue weighted by molar-refractivity contribution is 9.11. The van der Waals surface area contributed by atoms with Crippen molar-refractivity contribution in [3.63, 3.8) is 0 Å². The molecule has 1 aromatic heterocycles. The number of hydrogen-bond donors (Lipinski definition) is 2. The summed E-state index contributed by atoms with van der Waals surface area (Å²) in [6.07, 6.45) is 0. The highest BCUT2D eigenvalue weighted by Gasteiger charge is 2.20. The summed E-state index contributed by atoms with van der Waals surface area (Å²) < 4.78 is 29.1. The molecule has 2 rings (SSSR count). The molecule has 0 bridgehead atoms. The highest BCUT2D eigenvalue weighted by atomic mass is 79.9. The summed E-state index contributed by atoms with van der Waals surface area (Å²) in [4.78, 5) is 0.128. The summed E-state index contributed by atoms with van der Waals surface area (Å²) in [5, 5.41) is 0. The summed E-state index contributed by atoms with van der Waals surface area (Å²) in [5.41, 5.74) is 7.31. The Bertz CT molecular complexity index is 796. The Balaban J connectivity index is 2.45. The zero-order chi connectivity index (χ0) is 15.8. The van der Waals surface area contributed by atoms with E-state index in [0.29, 0.717) is 11.3 Å². The second-order valence-electron chi connectivity index (χ2n) is 4.18. The van der Waals surface area contributed by atoms with Crippen molar-refractivity contribution >= 4 is 76.1 Å². The van der Waals surface area contributed by atoms with Crippen LogP contribution in [-0.2, 0) is 10.0 Å². The van der Waals surface area contributed by atoms with E-state index in [1.165, 1.54) is 0 Å². The third-order valence-corrected chi connectivity index (χ3v) is 7.28. The Morgan fingerprint density at radius 2 is 2.00 bits per heavy atom. The normalized spacial score (nSPS) is 11.4. The summed E-state index contributed by atoms with van der Waals surface area (Å²) in [6, 6.07) is 6.65. The minimum atomic E-state index is -3.69. The van der Waals surface area contributed by atoms with Gasteiger partial charge in [-0.15, -0.1) is 11.3 Å². The number of hydrogen-bond acceptors (Lipinski definition) is 4. The Labute approximate surface area is 149 Å². The Morgan fingerprint density at radius 1 is 1.33 bits per heavy atom. The second-order valence-corrected chi connectivity index (χ2v) is 9.82. The molecule has 3 N–H and O–H groups in total. The van der Waals surface area contributed by atoms with E-state index in [0.717, 1.165) is 25.2 Å². The minimum absolute atomic E-state index is 0.128. The first-order chi connectivity index (χ1) is 9.70. The van der Waals surface area contributed by atoms with Crippen molar-refractivity contribution in [2.45, 2.75) is 11.1 Å². The molecule has 21 heavy (non-hydrogen) atoms. The van der Waals surface area contributed by atoms with Crippen molar-refractivity contribution in [1.29, 1.82) is 0 Å². The third kappa shape index (κ3) is 3.84. The minimum Gasteiger partial charge on any atom is -0.389 e. The van der Waals surface area contributed by atoms with Crippen molar-refractivity contribution in [1.82, 2.24) is 0 Å². The summed E-state index contributed by atoms with van der Waals surface area (Å²) in [6.45, 7) is 1.83. The van der Waals surface area contributed by atoms with E-state index in [1.54, 1.807) is 24.3 Å². The first kappa shape index (κ1) is 16.9. The topological polar surface area (TPSA) is 72.2 Å². The van der Waals surface area contributed by atoms with E-state index in [1.807, 2.05) is 6.92 Å². The molecule has 0 saturated carbocycles. The lowest BCUT2D eigenvalue weighted by Crippen LogP contribution is -2.17. The van der Waals surface area contributed by atoms with Gasteiger partial charge in [-0.25, -0.2) is 8.42 Å². The maximum atomic E-state index is 12.4. The van der Waals surface area contributed by atoms with E-state index in [2.05, 4.69) is 36.6 Å². The van der Waals surface area contributed by atoms with Crippen LogP contribution in [0.25, 0.3) is 0 Å². The SMILES string of the molecule is Cc1cc(S(=O)(=O)Nc2cc(Br)ccc2C(N)=S)sc1Br. The molecule has 0 amide bonds. The fourth-order valence-corrected chi connectivity index (χ4v) is 5.41. The van der Waals surface area contributed by atoms with E-state index in [9.17, 15) is 8.42 Å². The summed E-state index contributed by atoms with van der Waals surface area (Å²) >= 11 is 12.7. The number of halogens is 2. The molecule has 0 aliphatic heterocycles.